The third kappa shape index (κ3) is 3.66. The van der Waals surface area contributed by atoms with E-state index in [-0.39, 0.29) is 11.8 Å². The van der Waals surface area contributed by atoms with E-state index in [0.29, 0.717) is 0 Å². The van der Waals surface area contributed by atoms with Crippen LogP contribution in [0.4, 0.5) is 0 Å². The minimum absolute atomic E-state index is 0.0409. The van der Waals surface area contributed by atoms with Gasteiger partial charge in [0.05, 0.1) is 0 Å². The highest BCUT2D eigenvalue weighted by Gasteiger charge is 2.51. The molecule has 0 spiro atoms. The van der Waals surface area contributed by atoms with E-state index in [1.807, 2.05) is 13.8 Å². The number of epoxide rings is 1. The second-order valence-corrected chi connectivity index (χ2v) is 4.92. The van der Waals surface area contributed by atoms with Crippen molar-refractivity contribution < 1.29 is 24.2 Å². The van der Waals surface area contributed by atoms with Gasteiger partial charge in [-0.05, 0) is 5.92 Å². The van der Waals surface area contributed by atoms with E-state index in [1.54, 1.807) is 14.1 Å². The van der Waals surface area contributed by atoms with Crippen molar-refractivity contribution >= 4 is 17.8 Å². The van der Waals surface area contributed by atoms with Gasteiger partial charge in [-0.15, -0.1) is 0 Å². The summed E-state index contributed by atoms with van der Waals surface area (Å²) in [4.78, 5) is 35.8. The smallest absolute Gasteiger partial charge is 0.336 e. The fourth-order valence-electron chi connectivity index (χ4n) is 1.70. The largest absolute Gasteiger partial charge is 0.479 e. The van der Waals surface area contributed by atoms with Crippen molar-refractivity contribution in [1.29, 1.82) is 0 Å². The van der Waals surface area contributed by atoms with Crippen molar-refractivity contribution in [1.82, 2.24) is 10.2 Å². The molecule has 7 nitrogen and oxygen atoms in total. The van der Waals surface area contributed by atoms with Crippen LogP contribution in [-0.2, 0) is 19.1 Å². The minimum Gasteiger partial charge on any atom is -0.479 e. The van der Waals surface area contributed by atoms with Gasteiger partial charge in [0, 0.05) is 14.1 Å². The van der Waals surface area contributed by atoms with Gasteiger partial charge in [0.25, 0.3) is 5.91 Å². The van der Waals surface area contributed by atoms with Gasteiger partial charge in [0.2, 0.25) is 5.91 Å². The Morgan fingerprint density at radius 1 is 1.32 bits per heavy atom. The lowest BCUT2D eigenvalue weighted by Gasteiger charge is -2.25. The molecule has 1 aliphatic rings. The molecule has 4 atom stereocenters. The van der Waals surface area contributed by atoms with Crippen molar-refractivity contribution in [2.45, 2.75) is 38.5 Å². The molecule has 0 bridgehead atoms. The van der Waals surface area contributed by atoms with Gasteiger partial charge in [-0.1, -0.05) is 20.3 Å². The average Bonchev–Trinajstić information content (AvgIpc) is 3.14. The van der Waals surface area contributed by atoms with Crippen LogP contribution < -0.4 is 5.32 Å². The first-order valence-corrected chi connectivity index (χ1v) is 6.19. The maximum absolute atomic E-state index is 12.0. The van der Waals surface area contributed by atoms with Crippen LogP contribution in [0.25, 0.3) is 0 Å². The van der Waals surface area contributed by atoms with Crippen LogP contribution in [0, 0.1) is 5.92 Å². The number of ether oxygens (including phenoxy) is 1. The van der Waals surface area contributed by atoms with Crippen LogP contribution in [0.2, 0.25) is 0 Å². The number of nitrogens with one attached hydrogen (secondary N) is 1. The summed E-state index contributed by atoms with van der Waals surface area (Å²) in [6, 6.07) is -0.661. The Morgan fingerprint density at radius 3 is 2.26 bits per heavy atom. The van der Waals surface area contributed by atoms with Crippen LogP contribution in [0.5, 0.6) is 0 Å². The predicted octanol–water partition coefficient (Wildman–Crippen LogP) is -0.542. The molecule has 1 saturated heterocycles. The zero-order chi connectivity index (χ0) is 14.7. The highest BCUT2D eigenvalue weighted by molar-refractivity contribution is 5.95. The van der Waals surface area contributed by atoms with Gasteiger partial charge in [0.15, 0.2) is 12.2 Å². The minimum atomic E-state index is -1.17. The van der Waals surface area contributed by atoms with Crippen molar-refractivity contribution in [3.63, 3.8) is 0 Å². The monoisotopic (exact) mass is 272 g/mol. The second-order valence-electron chi connectivity index (χ2n) is 4.92. The number of hydrogen-bond acceptors (Lipinski definition) is 4. The van der Waals surface area contributed by atoms with Gasteiger partial charge >= 0.3 is 5.97 Å². The zero-order valence-corrected chi connectivity index (χ0v) is 11.5. The maximum atomic E-state index is 12.0. The first-order valence-electron chi connectivity index (χ1n) is 6.19. The number of amides is 2. The van der Waals surface area contributed by atoms with Gasteiger partial charge in [-0.2, -0.15) is 0 Å². The quantitative estimate of drug-likeness (QED) is 0.632. The molecule has 1 unspecified atom stereocenters. The third-order valence-electron chi connectivity index (χ3n) is 3.21. The van der Waals surface area contributed by atoms with Crippen LogP contribution in [0.15, 0.2) is 0 Å². The van der Waals surface area contributed by atoms with Gasteiger partial charge in [-0.3, -0.25) is 9.59 Å². The Kier molecular flexibility index (Phi) is 4.88. The summed E-state index contributed by atoms with van der Waals surface area (Å²) < 4.78 is 4.76. The number of carboxylic acid groups (broad SMARTS) is 1. The maximum Gasteiger partial charge on any atom is 0.336 e. The summed E-state index contributed by atoms with van der Waals surface area (Å²) in [6.45, 7) is 3.77. The summed E-state index contributed by atoms with van der Waals surface area (Å²) in [6.07, 6.45) is -1.36. The summed E-state index contributed by atoms with van der Waals surface area (Å²) >= 11 is 0. The van der Waals surface area contributed by atoms with Gasteiger partial charge in [0.1, 0.15) is 6.04 Å². The number of nitrogens with zero attached hydrogens (tertiary/aromatic N) is 1. The molecule has 0 aliphatic carbocycles. The summed E-state index contributed by atoms with van der Waals surface area (Å²) in [7, 11) is 3.22. The van der Waals surface area contributed by atoms with E-state index in [2.05, 4.69) is 5.32 Å². The number of hydrogen-bond donors (Lipinski definition) is 2. The lowest BCUT2D eigenvalue weighted by Crippen LogP contribution is -2.51. The summed E-state index contributed by atoms with van der Waals surface area (Å²) in [5.74, 6) is -1.97. The van der Waals surface area contributed by atoms with E-state index in [9.17, 15) is 14.4 Å². The van der Waals surface area contributed by atoms with Crippen molar-refractivity contribution in [3.05, 3.63) is 0 Å². The number of likely N-dealkylation sites (N-methyl/N-ethyl adjacent to an activating group) is 1. The predicted molar refractivity (Wildman–Crippen MR) is 66.4 cm³/mol. The van der Waals surface area contributed by atoms with Crippen molar-refractivity contribution in [3.8, 4) is 0 Å². The topological polar surface area (TPSA) is 99.2 Å². The molecule has 7 heteroatoms. The zero-order valence-electron chi connectivity index (χ0n) is 11.5. The molecule has 0 aromatic carbocycles. The molecule has 0 radical (unpaired) electrons. The summed E-state index contributed by atoms with van der Waals surface area (Å²) in [5.41, 5.74) is 0. The Hall–Kier alpha value is -1.63. The molecule has 0 aromatic heterocycles. The van der Waals surface area contributed by atoms with Crippen molar-refractivity contribution in [2.75, 3.05) is 14.1 Å². The molecule has 1 heterocycles. The number of rotatable bonds is 6. The number of carbonyl (C=O) groups excluding carboxylic acids is 2. The van der Waals surface area contributed by atoms with Gasteiger partial charge in [-0.25, -0.2) is 4.79 Å². The molecule has 0 aromatic rings. The first kappa shape index (κ1) is 15.4. The van der Waals surface area contributed by atoms with Crippen LogP contribution in [0.3, 0.4) is 0 Å². The fourth-order valence-corrected chi connectivity index (χ4v) is 1.70. The third-order valence-corrected chi connectivity index (χ3v) is 3.21. The molecule has 19 heavy (non-hydrogen) atoms. The fraction of sp³-hybridized carbons (Fsp3) is 0.750. The van der Waals surface area contributed by atoms with E-state index in [0.717, 1.165) is 6.42 Å². The molecular weight excluding hydrogens is 252 g/mol. The SMILES string of the molecule is CC[C@H](C)C(NC(=O)[C@H]1O[C@@H]1C(=O)O)C(=O)N(C)C. The molecule has 0 saturated carbocycles. The summed E-state index contributed by atoms with van der Waals surface area (Å²) in [5, 5.41) is 11.3. The highest BCUT2D eigenvalue weighted by Crippen LogP contribution is 2.23. The molecule has 2 amide bonds. The lowest BCUT2D eigenvalue weighted by molar-refractivity contribution is -0.138. The Morgan fingerprint density at radius 2 is 1.89 bits per heavy atom. The molecule has 2 N–H and O–H groups in total. The molecule has 1 aliphatic heterocycles. The van der Waals surface area contributed by atoms with Crippen LogP contribution in [0.1, 0.15) is 20.3 Å². The number of carboxylic acids is 1. The van der Waals surface area contributed by atoms with E-state index in [1.165, 1.54) is 4.90 Å². The van der Waals surface area contributed by atoms with E-state index >= 15 is 0 Å². The number of carbonyl (C=O) groups is 3. The average molecular weight is 272 g/mol. The standard InChI is InChI=1S/C12H20N2O5/c1-5-6(2)7(11(16)14(3)4)13-10(15)8-9(19-8)12(17)18/h6-9H,5H2,1-4H3,(H,13,15)(H,17,18)/t6-,7?,8-,9-/m0/s1. The molecule has 108 valence electrons. The van der Waals surface area contributed by atoms with E-state index in [4.69, 9.17) is 9.84 Å². The van der Waals surface area contributed by atoms with Crippen LogP contribution in [-0.4, -0.2) is 60.1 Å². The highest BCUT2D eigenvalue weighted by atomic mass is 16.6. The Balaban J connectivity index is 2.66. The molecular formula is C12H20N2O5. The Labute approximate surface area is 111 Å². The normalized spacial score (nSPS) is 24.2. The molecule has 1 fully saturated rings. The van der Waals surface area contributed by atoms with E-state index < -0.39 is 30.1 Å². The lowest BCUT2D eigenvalue weighted by atomic mass is 9.97. The first-order chi connectivity index (χ1) is 8.79. The van der Waals surface area contributed by atoms with Crippen LogP contribution >= 0.6 is 0 Å². The van der Waals surface area contributed by atoms with Crippen molar-refractivity contribution in [2.24, 2.45) is 5.92 Å². The Bertz CT molecular complexity index is 382. The molecule has 1 rings (SSSR count). The number of aliphatic carboxylic acids is 1. The second kappa shape index (κ2) is 6.01. The van der Waals surface area contributed by atoms with Gasteiger partial charge < -0.3 is 20.1 Å².